The summed E-state index contributed by atoms with van der Waals surface area (Å²) in [6.07, 6.45) is 0.736. The zero-order valence-corrected chi connectivity index (χ0v) is 15.3. The molecule has 2 aromatic rings. The molecule has 2 aromatic carbocycles. The smallest absolute Gasteiger partial charge is 0.276 e. The summed E-state index contributed by atoms with van der Waals surface area (Å²) >= 11 is 0. The van der Waals surface area contributed by atoms with Crippen LogP contribution in [0.1, 0.15) is 36.5 Å². The van der Waals surface area contributed by atoms with E-state index in [0.29, 0.717) is 23.8 Å². The van der Waals surface area contributed by atoms with Crippen LogP contribution in [0.2, 0.25) is 0 Å². The van der Waals surface area contributed by atoms with Gasteiger partial charge in [-0.2, -0.15) is 0 Å². The van der Waals surface area contributed by atoms with Crippen molar-refractivity contribution < 1.29 is 14.5 Å². The van der Waals surface area contributed by atoms with Crippen LogP contribution in [0, 0.1) is 17.0 Å². The summed E-state index contributed by atoms with van der Waals surface area (Å²) in [5.41, 5.74) is 2.84. The number of carbonyl (C=O) groups excluding carboxylic acids is 1. The van der Waals surface area contributed by atoms with Crippen LogP contribution < -0.4 is 10.1 Å². The van der Waals surface area contributed by atoms with Crippen molar-refractivity contribution in [3.63, 3.8) is 0 Å². The SMILES string of the molecule is Cc1c(OCC(=O)NCCc2ccc(C(C)C)cc2)cccc1[N+](=O)[O-]. The lowest BCUT2D eigenvalue weighted by atomic mass is 10.0. The van der Waals surface area contributed by atoms with E-state index in [1.807, 2.05) is 0 Å². The first-order valence-corrected chi connectivity index (χ1v) is 8.61. The second-order valence-corrected chi connectivity index (χ2v) is 6.44. The van der Waals surface area contributed by atoms with Gasteiger partial charge in [0.1, 0.15) is 5.75 Å². The molecule has 0 bridgehead atoms. The number of nitrogens with one attached hydrogen (secondary N) is 1. The lowest BCUT2D eigenvalue weighted by Gasteiger charge is -2.10. The molecule has 26 heavy (non-hydrogen) atoms. The van der Waals surface area contributed by atoms with Crippen LogP contribution >= 0.6 is 0 Å². The highest BCUT2D eigenvalue weighted by molar-refractivity contribution is 5.77. The number of nitro groups is 1. The molecule has 0 radical (unpaired) electrons. The van der Waals surface area contributed by atoms with Gasteiger partial charge >= 0.3 is 0 Å². The van der Waals surface area contributed by atoms with Gasteiger partial charge in [0, 0.05) is 12.6 Å². The number of nitro benzene ring substituents is 1. The monoisotopic (exact) mass is 356 g/mol. The van der Waals surface area contributed by atoms with Gasteiger partial charge in [0.05, 0.1) is 10.5 Å². The summed E-state index contributed by atoms with van der Waals surface area (Å²) in [5, 5.41) is 13.7. The maximum absolute atomic E-state index is 11.9. The fourth-order valence-electron chi connectivity index (χ4n) is 2.57. The molecule has 2 rings (SSSR count). The Balaban J connectivity index is 1.79. The Morgan fingerprint density at radius 2 is 1.88 bits per heavy atom. The van der Waals surface area contributed by atoms with Crippen LogP contribution in [0.3, 0.4) is 0 Å². The predicted molar refractivity (Wildman–Crippen MR) is 101 cm³/mol. The van der Waals surface area contributed by atoms with E-state index < -0.39 is 4.92 Å². The van der Waals surface area contributed by atoms with Crippen LogP contribution in [0.4, 0.5) is 5.69 Å². The minimum Gasteiger partial charge on any atom is -0.483 e. The highest BCUT2D eigenvalue weighted by atomic mass is 16.6. The van der Waals surface area contributed by atoms with Gasteiger partial charge in [0.25, 0.3) is 11.6 Å². The van der Waals surface area contributed by atoms with E-state index in [1.54, 1.807) is 19.1 Å². The van der Waals surface area contributed by atoms with E-state index >= 15 is 0 Å². The predicted octanol–water partition coefficient (Wildman–Crippen LogP) is 3.76. The second kappa shape index (κ2) is 8.99. The summed E-state index contributed by atoms with van der Waals surface area (Å²) in [6, 6.07) is 12.9. The molecule has 0 aliphatic carbocycles. The van der Waals surface area contributed by atoms with Crippen LogP contribution in [-0.4, -0.2) is 24.0 Å². The van der Waals surface area contributed by atoms with Crippen molar-refractivity contribution in [2.75, 3.05) is 13.2 Å². The van der Waals surface area contributed by atoms with Crippen LogP contribution in [0.5, 0.6) is 5.75 Å². The third kappa shape index (κ3) is 5.31. The number of rotatable bonds is 8. The van der Waals surface area contributed by atoms with Gasteiger partial charge in [-0.3, -0.25) is 14.9 Å². The number of hydrogen-bond acceptors (Lipinski definition) is 4. The van der Waals surface area contributed by atoms with Crippen molar-refractivity contribution in [1.82, 2.24) is 5.32 Å². The number of carbonyl (C=O) groups is 1. The molecule has 0 saturated carbocycles. The van der Waals surface area contributed by atoms with Crippen LogP contribution in [0.15, 0.2) is 42.5 Å². The Morgan fingerprint density at radius 3 is 2.50 bits per heavy atom. The quantitative estimate of drug-likeness (QED) is 0.577. The Labute approximate surface area is 153 Å². The normalized spacial score (nSPS) is 10.6. The van der Waals surface area contributed by atoms with Crippen molar-refractivity contribution in [3.05, 3.63) is 69.3 Å². The maximum Gasteiger partial charge on any atom is 0.276 e. The lowest BCUT2D eigenvalue weighted by molar-refractivity contribution is -0.385. The third-order valence-electron chi connectivity index (χ3n) is 4.19. The van der Waals surface area contributed by atoms with E-state index in [0.717, 1.165) is 12.0 Å². The number of amides is 1. The highest BCUT2D eigenvalue weighted by Crippen LogP contribution is 2.26. The first kappa shape index (κ1) is 19.4. The summed E-state index contributed by atoms with van der Waals surface area (Å²) in [5.74, 6) is 0.589. The van der Waals surface area contributed by atoms with Crippen molar-refractivity contribution >= 4 is 11.6 Å². The van der Waals surface area contributed by atoms with Gasteiger partial charge < -0.3 is 10.1 Å². The molecule has 0 aliphatic heterocycles. The number of benzene rings is 2. The zero-order valence-electron chi connectivity index (χ0n) is 15.3. The van der Waals surface area contributed by atoms with Gasteiger partial charge in [-0.1, -0.05) is 44.2 Å². The third-order valence-corrected chi connectivity index (χ3v) is 4.19. The fraction of sp³-hybridized carbons (Fsp3) is 0.350. The summed E-state index contributed by atoms with van der Waals surface area (Å²) in [6.45, 7) is 6.24. The highest BCUT2D eigenvalue weighted by Gasteiger charge is 2.14. The fourth-order valence-corrected chi connectivity index (χ4v) is 2.57. The lowest BCUT2D eigenvalue weighted by Crippen LogP contribution is -2.30. The van der Waals surface area contributed by atoms with Crippen molar-refractivity contribution in [2.24, 2.45) is 0 Å². The van der Waals surface area contributed by atoms with Crippen LogP contribution in [-0.2, 0) is 11.2 Å². The molecule has 0 spiro atoms. The van der Waals surface area contributed by atoms with Gasteiger partial charge in [0.15, 0.2) is 6.61 Å². The minimum atomic E-state index is -0.465. The Morgan fingerprint density at radius 1 is 1.19 bits per heavy atom. The first-order valence-electron chi connectivity index (χ1n) is 8.61. The average molecular weight is 356 g/mol. The molecule has 0 atom stereocenters. The molecule has 0 aliphatic rings. The van der Waals surface area contributed by atoms with Crippen molar-refractivity contribution in [1.29, 1.82) is 0 Å². The second-order valence-electron chi connectivity index (χ2n) is 6.44. The molecule has 1 N–H and O–H groups in total. The molecular formula is C20H24N2O4. The Kier molecular flexibility index (Phi) is 6.72. The standard InChI is InChI=1S/C20H24N2O4/c1-14(2)17-9-7-16(8-10-17)11-12-21-20(23)13-26-19-6-4-5-18(15(19)3)22(24)25/h4-10,14H,11-13H2,1-3H3,(H,21,23). The average Bonchev–Trinajstić information content (AvgIpc) is 2.61. The Hall–Kier alpha value is -2.89. The largest absolute Gasteiger partial charge is 0.483 e. The number of hydrogen-bond donors (Lipinski definition) is 1. The van der Waals surface area contributed by atoms with Crippen molar-refractivity contribution in [3.8, 4) is 5.75 Å². The summed E-state index contributed by atoms with van der Waals surface area (Å²) in [7, 11) is 0. The summed E-state index contributed by atoms with van der Waals surface area (Å²) < 4.78 is 5.42. The molecule has 0 aromatic heterocycles. The molecule has 0 heterocycles. The number of ether oxygens (including phenoxy) is 1. The van der Waals surface area contributed by atoms with Gasteiger partial charge in [-0.25, -0.2) is 0 Å². The molecule has 6 nitrogen and oxygen atoms in total. The van der Waals surface area contributed by atoms with Gasteiger partial charge in [0.2, 0.25) is 0 Å². The van der Waals surface area contributed by atoms with Crippen LogP contribution in [0.25, 0.3) is 0 Å². The minimum absolute atomic E-state index is 0.0206. The van der Waals surface area contributed by atoms with E-state index in [1.165, 1.54) is 11.6 Å². The molecule has 138 valence electrons. The van der Waals surface area contributed by atoms with Gasteiger partial charge in [-0.15, -0.1) is 0 Å². The van der Waals surface area contributed by atoms with Gasteiger partial charge in [-0.05, 0) is 36.5 Å². The number of nitrogens with zero attached hydrogens (tertiary/aromatic N) is 1. The zero-order chi connectivity index (χ0) is 19.1. The molecule has 0 fully saturated rings. The topological polar surface area (TPSA) is 81.5 Å². The molecule has 0 unspecified atom stereocenters. The molecule has 0 saturated heterocycles. The van der Waals surface area contributed by atoms with E-state index in [4.69, 9.17) is 4.74 Å². The molecule has 1 amide bonds. The first-order chi connectivity index (χ1) is 12.4. The molecule has 6 heteroatoms. The molecular weight excluding hydrogens is 332 g/mol. The Bertz CT molecular complexity index is 770. The summed E-state index contributed by atoms with van der Waals surface area (Å²) in [4.78, 5) is 22.4. The van der Waals surface area contributed by atoms with E-state index in [2.05, 4.69) is 43.4 Å². The van der Waals surface area contributed by atoms with E-state index in [-0.39, 0.29) is 18.2 Å². The van der Waals surface area contributed by atoms with E-state index in [9.17, 15) is 14.9 Å². The van der Waals surface area contributed by atoms with Crippen molar-refractivity contribution in [2.45, 2.75) is 33.1 Å². The maximum atomic E-state index is 11.9.